The van der Waals surface area contributed by atoms with Crippen molar-refractivity contribution < 1.29 is 14.6 Å². The molecule has 0 aliphatic heterocycles. The van der Waals surface area contributed by atoms with E-state index in [9.17, 15) is 4.79 Å². The maximum Gasteiger partial charge on any atom is 0.309 e. The normalized spacial score (nSPS) is 35.5. The van der Waals surface area contributed by atoms with E-state index >= 15 is 0 Å². The lowest BCUT2D eigenvalue weighted by molar-refractivity contribution is -0.139. The summed E-state index contributed by atoms with van der Waals surface area (Å²) in [6.07, 6.45) is -0.0926. The molecule has 1 saturated carbocycles. The predicted molar refractivity (Wildman–Crippen MR) is 35.7 cm³/mol. The zero-order valence-corrected chi connectivity index (χ0v) is 6.42. The van der Waals surface area contributed by atoms with Crippen molar-refractivity contribution in [3.8, 4) is 0 Å². The molecule has 58 valence electrons. The first-order chi connectivity index (χ1) is 4.51. The first-order valence-corrected chi connectivity index (χ1v) is 3.27. The predicted octanol–water partition coefficient (Wildman–Crippen LogP) is 0.742. The molecule has 0 amide bonds. The molecule has 0 spiro atoms. The molecule has 0 aromatic rings. The summed E-state index contributed by atoms with van der Waals surface area (Å²) in [6, 6.07) is 0. The summed E-state index contributed by atoms with van der Waals surface area (Å²) in [5.41, 5.74) is -0.166. The van der Waals surface area contributed by atoms with E-state index in [1.54, 1.807) is 7.11 Å². The molecule has 1 N–H and O–H groups in total. The summed E-state index contributed by atoms with van der Waals surface area (Å²) >= 11 is 0. The molecule has 1 aliphatic carbocycles. The third kappa shape index (κ3) is 0.814. The highest BCUT2D eigenvalue weighted by Gasteiger charge is 2.63. The molecular weight excluding hydrogens is 132 g/mol. The first-order valence-electron chi connectivity index (χ1n) is 3.27. The maximum atomic E-state index is 10.5. The van der Waals surface area contributed by atoms with Crippen LogP contribution in [-0.4, -0.2) is 24.3 Å². The highest BCUT2D eigenvalue weighted by Crippen LogP contribution is 2.53. The van der Waals surface area contributed by atoms with Crippen LogP contribution in [0.15, 0.2) is 0 Å². The fourth-order valence-electron chi connectivity index (χ4n) is 1.48. The molecule has 0 bridgehead atoms. The Labute approximate surface area is 60.0 Å². The maximum absolute atomic E-state index is 10.5. The van der Waals surface area contributed by atoms with Crippen LogP contribution >= 0.6 is 0 Å². The van der Waals surface area contributed by atoms with Gasteiger partial charge in [-0.2, -0.15) is 0 Å². The minimum Gasteiger partial charge on any atom is -0.481 e. The Morgan fingerprint density at radius 3 is 2.20 bits per heavy atom. The number of carbonyl (C=O) groups is 1. The fourth-order valence-corrected chi connectivity index (χ4v) is 1.48. The number of carboxylic acid groups (broad SMARTS) is 1. The Morgan fingerprint density at radius 1 is 1.60 bits per heavy atom. The largest absolute Gasteiger partial charge is 0.481 e. The van der Waals surface area contributed by atoms with Gasteiger partial charge in [0.1, 0.15) is 0 Å². The third-order valence-electron chi connectivity index (χ3n) is 2.25. The highest BCUT2D eigenvalue weighted by atomic mass is 16.5. The number of rotatable bonds is 2. The number of methoxy groups -OCH3 is 1. The van der Waals surface area contributed by atoms with Gasteiger partial charge in [-0.15, -0.1) is 0 Å². The van der Waals surface area contributed by atoms with E-state index in [2.05, 4.69) is 0 Å². The van der Waals surface area contributed by atoms with Gasteiger partial charge >= 0.3 is 5.97 Å². The van der Waals surface area contributed by atoms with Gasteiger partial charge in [0.05, 0.1) is 12.0 Å². The molecule has 0 radical (unpaired) electrons. The van der Waals surface area contributed by atoms with Gasteiger partial charge in [0.2, 0.25) is 0 Å². The van der Waals surface area contributed by atoms with Crippen LogP contribution in [0.5, 0.6) is 0 Å². The summed E-state index contributed by atoms with van der Waals surface area (Å²) in [7, 11) is 1.55. The number of carboxylic acids is 1. The molecule has 2 atom stereocenters. The zero-order valence-electron chi connectivity index (χ0n) is 6.42. The molecule has 0 aromatic heterocycles. The van der Waals surface area contributed by atoms with Crippen LogP contribution in [0.25, 0.3) is 0 Å². The van der Waals surface area contributed by atoms with Gasteiger partial charge < -0.3 is 9.84 Å². The lowest BCUT2D eigenvalue weighted by Gasteiger charge is -1.96. The number of hydrogen-bond donors (Lipinski definition) is 1. The Hall–Kier alpha value is -0.570. The summed E-state index contributed by atoms with van der Waals surface area (Å²) in [5, 5.41) is 8.61. The highest BCUT2D eigenvalue weighted by molar-refractivity contribution is 5.76. The molecular formula is C7H12O3. The standard InChI is InChI=1S/C7H12O3/c1-7(2)4(6(8)9)5(7)10-3/h4-5H,1-3H3,(H,8,9)/t4-,5+/m0/s1. The Bertz CT molecular complexity index is 162. The second kappa shape index (κ2) is 1.95. The first kappa shape index (κ1) is 7.54. The number of hydrogen-bond acceptors (Lipinski definition) is 2. The van der Waals surface area contributed by atoms with Crippen LogP contribution in [0.1, 0.15) is 13.8 Å². The van der Waals surface area contributed by atoms with Gasteiger partial charge in [-0.05, 0) is 0 Å². The topological polar surface area (TPSA) is 46.5 Å². The van der Waals surface area contributed by atoms with E-state index in [-0.39, 0.29) is 17.4 Å². The van der Waals surface area contributed by atoms with Gasteiger partial charge in [-0.1, -0.05) is 13.8 Å². The Balaban J connectivity index is 2.61. The fraction of sp³-hybridized carbons (Fsp3) is 0.857. The molecule has 1 fully saturated rings. The van der Waals surface area contributed by atoms with Crippen LogP contribution in [0, 0.1) is 11.3 Å². The monoisotopic (exact) mass is 144 g/mol. The molecule has 0 aromatic carbocycles. The van der Waals surface area contributed by atoms with Crippen molar-refractivity contribution in [2.75, 3.05) is 7.11 Å². The van der Waals surface area contributed by atoms with Crippen LogP contribution < -0.4 is 0 Å². The molecule has 0 saturated heterocycles. The molecule has 1 aliphatic rings. The molecule has 1 rings (SSSR count). The van der Waals surface area contributed by atoms with Crippen molar-refractivity contribution in [2.45, 2.75) is 20.0 Å². The van der Waals surface area contributed by atoms with E-state index in [0.717, 1.165) is 0 Å². The van der Waals surface area contributed by atoms with Crippen molar-refractivity contribution in [3.63, 3.8) is 0 Å². The van der Waals surface area contributed by atoms with Gasteiger partial charge in [0.25, 0.3) is 0 Å². The zero-order chi connectivity index (χ0) is 7.94. The minimum atomic E-state index is -0.753. The quantitative estimate of drug-likeness (QED) is 0.621. The molecule has 0 unspecified atom stereocenters. The molecule has 0 heterocycles. The average molecular weight is 144 g/mol. The lowest BCUT2D eigenvalue weighted by Crippen LogP contribution is -2.03. The second-order valence-electron chi connectivity index (χ2n) is 3.29. The van der Waals surface area contributed by atoms with E-state index in [1.807, 2.05) is 13.8 Å². The summed E-state index contributed by atoms with van der Waals surface area (Å²) in [5.74, 6) is -1.06. The van der Waals surface area contributed by atoms with E-state index in [1.165, 1.54) is 0 Å². The lowest BCUT2D eigenvalue weighted by atomic mass is 10.1. The van der Waals surface area contributed by atoms with Gasteiger partial charge in [0.15, 0.2) is 0 Å². The van der Waals surface area contributed by atoms with E-state index < -0.39 is 5.97 Å². The van der Waals surface area contributed by atoms with Crippen molar-refractivity contribution in [1.29, 1.82) is 0 Å². The molecule has 10 heavy (non-hydrogen) atoms. The van der Waals surface area contributed by atoms with Gasteiger partial charge in [0, 0.05) is 12.5 Å². The van der Waals surface area contributed by atoms with Crippen molar-refractivity contribution in [1.82, 2.24) is 0 Å². The summed E-state index contributed by atoms with van der Waals surface area (Å²) < 4.78 is 4.97. The van der Waals surface area contributed by atoms with Crippen LogP contribution in [0.4, 0.5) is 0 Å². The third-order valence-corrected chi connectivity index (χ3v) is 2.25. The minimum absolute atomic E-state index is 0.0926. The SMILES string of the molecule is CO[C@@H]1[C@@H](C(=O)O)C1(C)C. The average Bonchev–Trinajstić information content (AvgIpc) is 2.33. The van der Waals surface area contributed by atoms with E-state index in [0.29, 0.717) is 0 Å². The van der Waals surface area contributed by atoms with Crippen molar-refractivity contribution in [2.24, 2.45) is 11.3 Å². The second-order valence-corrected chi connectivity index (χ2v) is 3.29. The Kier molecular flexibility index (Phi) is 1.47. The van der Waals surface area contributed by atoms with Crippen LogP contribution in [-0.2, 0) is 9.53 Å². The van der Waals surface area contributed by atoms with Gasteiger partial charge in [-0.3, -0.25) is 4.79 Å². The van der Waals surface area contributed by atoms with Crippen molar-refractivity contribution >= 4 is 5.97 Å². The van der Waals surface area contributed by atoms with Crippen molar-refractivity contribution in [3.05, 3.63) is 0 Å². The van der Waals surface area contributed by atoms with Crippen LogP contribution in [0.2, 0.25) is 0 Å². The van der Waals surface area contributed by atoms with Crippen LogP contribution in [0.3, 0.4) is 0 Å². The summed E-state index contributed by atoms with van der Waals surface area (Å²) in [4.78, 5) is 10.5. The van der Waals surface area contributed by atoms with Gasteiger partial charge in [-0.25, -0.2) is 0 Å². The smallest absolute Gasteiger partial charge is 0.309 e. The number of aliphatic carboxylic acids is 1. The molecule has 3 nitrogen and oxygen atoms in total. The number of ether oxygens (including phenoxy) is 1. The van der Waals surface area contributed by atoms with E-state index in [4.69, 9.17) is 9.84 Å². The Morgan fingerprint density at radius 2 is 2.10 bits per heavy atom. The summed E-state index contributed by atoms with van der Waals surface area (Å²) in [6.45, 7) is 3.81. The molecule has 3 heteroatoms.